The summed E-state index contributed by atoms with van der Waals surface area (Å²) in [5.41, 5.74) is 0. The van der Waals surface area contributed by atoms with Crippen LogP contribution in [0.1, 0.15) is 39.0 Å². The maximum atomic E-state index is 11.8. The van der Waals surface area contributed by atoms with Gasteiger partial charge in [-0.3, -0.25) is 4.79 Å². The van der Waals surface area contributed by atoms with Gasteiger partial charge in [0, 0.05) is 11.8 Å². The fourth-order valence-corrected chi connectivity index (χ4v) is 4.51. The van der Waals surface area contributed by atoms with Crippen molar-refractivity contribution in [3.63, 3.8) is 0 Å². The molecule has 3 nitrogen and oxygen atoms in total. The van der Waals surface area contributed by atoms with Crippen molar-refractivity contribution < 1.29 is 14.3 Å². The maximum absolute atomic E-state index is 11.8. The SMILES string of the molecule is C[C@H]1OC(=O)[C@@H]2C[C@@H]3CCCC[C@H]3[C@@H](C=O)[C@H]12. The van der Waals surface area contributed by atoms with Crippen molar-refractivity contribution in [1.82, 2.24) is 0 Å². The number of aldehydes is 1. The van der Waals surface area contributed by atoms with Crippen LogP contribution in [0.5, 0.6) is 0 Å². The number of carbonyl (C=O) groups is 2. The first-order chi connectivity index (χ1) is 8.22. The van der Waals surface area contributed by atoms with Crippen LogP contribution in [0.2, 0.25) is 0 Å². The standard InChI is InChI=1S/C14H20O3/c1-8-13-11(14(16)17-8)6-9-4-2-3-5-10(9)12(13)7-15/h7-13H,2-6H2,1H3/t8-,9+,10-,11-,12-,13-/m1/s1. The minimum absolute atomic E-state index is 0.000417. The first-order valence-corrected chi connectivity index (χ1v) is 6.88. The number of carbonyl (C=O) groups excluding carboxylic acids is 2. The van der Waals surface area contributed by atoms with Gasteiger partial charge in [-0.25, -0.2) is 0 Å². The lowest BCUT2D eigenvalue weighted by molar-refractivity contribution is -0.144. The second kappa shape index (κ2) is 4.11. The molecule has 1 heterocycles. The fourth-order valence-electron chi connectivity index (χ4n) is 4.51. The van der Waals surface area contributed by atoms with E-state index in [0.29, 0.717) is 11.8 Å². The number of rotatable bonds is 1. The van der Waals surface area contributed by atoms with Gasteiger partial charge in [-0.2, -0.15) is 0 Å². The Morgan fingerprint density at radius 2 is 2.06 bits per heavy atom. The third-order valence-corrected chi connectivity index (χ3v) is 5.23. The van der Waals surface area contributed by atoms with Gasteiger partial charge in [0.05, 0.1) is 5.92 Å². The van der Waals surface area contributed by atoms with Crippen LogP contribution >= 0.6 is 0 Å². The summed E-state index contributed by atoms with van der Waals surface area (Å²) in [5.74, 6) is 1.25. The third-order valence-electron chi connectivity index (χ3n) is 5.23. The summed E-state index contributed by atoms with van der Waals surface area (Å²) >= 11 is 0. The molecule has 0 spiro atoms. The molecule has 0 bridgehead atoms. The summed E-state index contributed by atoms with van der Waals surface area (Å²) in [6, 6.07) is 0. The van der Waals surface area contributed by atoms with Gasteiger partial charge in [0.15, 0.2) is 0 Å². The van der Waals surface area contributed by atoms with Crippen LogP contribution < -0.4 is 0 Å². The lowest BCUT2D eigenvalue weighted by atomic mass is 9.58. The Labute approximate surface area is 102 Å². The van der Waals surface area contributed by atoms with Crippen molar-refractivity contribution in [1.29, 1.82) is 0 Å². The maximum Gasteiger partial charge on any atom is 0.309 e. The zero-order valence-corrected chi connectivity index (χ0v) is 10.3. The van der Waals surface area contributed by atoms with Crippen molar-refractivity contribution in [3.8, 4) is 0 Å². The van der Waals surface area contributed by atoms with E-state index in [1.54, 1.807) is 0 Å². The highest BCUT2D eigenvalue weighted by Crippen LogP contribution is 2.52. The first-order valence-electron chi connectivity index (χ1n) is 6.88. The smallest absolute Gasteiger partial charge is 0.309 e. The summed E-state index contributed by atoms with van der Waals surface area (Å²) in [6.45, 7) is 1.95. The van der Waals surface area contributed by atoms with E-state index >= 15 is 0 Å². The molecule has 3 heteroatoms. The van der Waals surface area contributed by atoms with Crippen molar-refractivity contribution >= 4 is 12.3 Å². The Morgan fingerprint density at radius 1 is 1.29 bits per heavy atom. The minimum atomic E-state index is -0.0643. The molecule has 0 N–H and O–H groups in total. The topological polar surface area (TPSA) is 43.4 Å². The van der Waals surface area contributed by atoms with E-state index < -0.39 is 0 Å². The van der Waals surface area contributed by atoms with Crippen LogP contribution in [0.3, 0.4) is 0 Å². The van der Waals surface area contributed by atoms with Gasteiger partial charge in [0.2, 0.25) is 0 Å². The Hall–Kier alpha value is -0.860. The van der Waals surface area contributed by atoms with Gasteiger partial charge in [-0.1, -0.05) is 19.3 Å². The average Bonchev–Trinajstić information content (AvgIpc) is 2.62. The molecule has 3 fully saturated rings. The van der Waals surface area contributed by atoms with Gasteiger partial charge in [0.25, 0.3) is 0 Å². The van der Waals surface area contributed by atoms with E-state index in [2.05, 4.69) is 0 Å². The second-order valence-electron chi connectivity index (χ2n) is 5.98. The number of fused-ring (bicyclic) bond motifs is 2. The lowest BCUT2D eigenvalue weighted by Crippen LogP contribution is -2.44. The highest BCUT2D eigenvalue weighted by atomic mass is 16.6. The molecule has 3 aliphatic rings. The molecule has 2 aliphatic carbocycles. The molecule has 94 valence electrons. The number of hydrogen-bond donors (Lipinski definition) is 0. The molecule has 0 radical (unpaired) electrons. The lowest BCUT2D eigenvalue weighted by Gasteiger charge is -2.44. The van der Waals surface area contributed by atoms with E-state index in [-0.39, 0.29) is 29.8 Å². The molecule has 0 aromatic heterocycles. The highest BCUT2D eigenvalue weighted by molar-refractivity contribution is 5.76. The number of esters is 1. The van der Waals surface area contributed by atoms with Crippen LogP contribution in [0.25, 0.3) is 0 Å². The van der Waals surface area contributed by atoms with Gasteiger partial charge in [0.1, 0.15) is 12.4 Å². The van der Waals surface area contributed by atoms with E-state index in [4.69, 9.17) is 4.74 Å². The molecule has 0 aromatic carbocycles. The Balaban J connectivity index is 1.90. The zero-order chi connectivity index (χ0) is 12.0. The molecule has 1 aliphatic heterocycles. The van der Waals surface area contributed by atoms with Crippen molar-refractivity contribution in [2.45, 2.75) is 45.1 Å². The molecule has 3 rings (SSSR count). The largest absolute Gasteiger partial charge is 0.462 e. The van der Waals surface area contributed by atoms with Gasteiger partial charge < -0.3 is 9.53 Å². The predicted molar refractivity (Wildman–Crippen MR) is 62.2 cm³/mol. The monoisotopic (exact) mass is 236 g/mol. The summed E-state index contributed by atoms with van der Waals surface area (Å²) in [4.78, 5) is 23.3. The Kier molecular flexibility index (Phi) is 2.72. The van der Waals surface area contributed by atoms with Gasteiger partial charge >= 0.3 is 5.97 Å². The van der Waals surface area contributed by atoms with Crippen molar-refractivity contribution in [2.24, 2.45) is 29.6 Å². The molecule has 6 atom stereocenters. The second-order valence-corrected chi connectivity index (χ2v) is 5.98. The minimum Gasteiger partial charge on any atom is -0.462 e. The summed E-state index contributed by atoms with van der Waals surface area (Å²) in [5, 5.41) is 0. The molecule has 0 unspecified atom stereocenters. The summed E-state index contributed by atoms with van der Waals surface area (Å²) in [6.07, 6.45) is 6.87. The van der Waals surface area contributed by atoms with Crippen molar-refractivity contribution in [2.75, 3.05) is 0 Å². The van der Waals surface area contributed by atoms with E-state index in [0.717, 1.165) is 19.1 Å². The fraction of sp³-hybridized carbons (Fsp3) is 0.857. The number of hydrogen-bond acceptors (Lipinski definition) is 3. The Morgan fingerprint density at radius 3 is 2.82 bits per heavy atom. The summed E-state index contributed by atoms with van der Waals surface area (Å²) < 4.78 is 5.35. The van der Waals surface area contributed by atoms with Crippen LogP contribution in [0.15, 0.2) is 0 Å². The van der Waals surface area contributed by atoms with Crippen LogP contribution in [-0.4, -0.2) is 18.4 Å². The zero-order valence-electron chi connectivity index (χ0n) is 10.3. The molecule has 2 saturated carbocycles. The molecular formula is C14H20O3. The Bertz CT molecular complexity index is 338. The molecule has 1 saturated heterocycles. The highest BCUT2D eigenvalue weighted by Gasteiger charge is 2.54. The van der Waals surface area contributed by atoms with E-state index in [9.17, 15) is 9.59 Å². The van der Waals surface area contributed by atoms with Crippen LogP contribution in [0, 0.1) is 29.6 Å². The molecule has 17 heavy (non-hydrogen) atoms. The molecule has 0 amide bonds. The van der Waals surface area contributed by atoms with Crippen molar-refractivity contribution in [3.05, 3.63) is 0 Å². The van der Waals surface area contributed by atoms with E-state index in [1.807, 2.05) is 6.92 Å². The quantitative estimate of drug-likeness (QED) is 0.518. The number of ether oxygens (including phenoxy) is 1. The van der Waals surface area contributed by atoms with Gasteiger partial charge in [-0.15, -0.1) is 0 Å². The van der Waals surface area contributed by atoms with Crippen LogP contribution in [-0.2, 0) is 14.3 Å². The van der Waals surface area contributed by atoms with Crippen LogP contribution in [0.4, 0.5) is 0 Å². The summed E-state index contributed by atoms with van der Waals surface area (Å²) in [7, 11) is 0. The third kappa shape index (κ3) is 1.62. The normalized spacial score (nSPS) is 49.1. The molecule has 0 aromatic rings. The number of cyclic esters (lactones) is 1. The first kappa shape index (κ1) is 11.2. The van der Waals surface area contributed by atoms with E-state index in [1.165, 1.54) is 19.3 Å². The average molecular weight is 236 g/mol. The van der Waals surface area contributed by atoms with Gasteiger partial charge in [-0.05, 0) is 31.6 Å². The predicted octanol–water partition coefficient (Wildman–Crippen LogP) is 2.19. The molecular weight excluding hydrogens is 216 g/mol.